The van der Waals surface area contributed by atoms with Crippen LogP contribution in [-0.2, 0) is 6.54 Å². The molecule has 104 valence electrons. The van der Waals surface area contributed by atoms with Crippen LogP contribution in [0.4, 0.5) is 0 Å². The Morgan fingerprint density at radius 2 is 2.20 bits per heavy atom. The monoisotopic (exact) mass is 285 g/mol. The molecule has 2 N–H and O–H groups in total. The van der Waals surface area contributed by atoms with Gasteiger partial charge < -0.3 is 5.73 Å². The molecule has 0 amide bonds. The second kappa shape index (κ2) is 5.85. The third-order valence-corrected chi connectivity index (χ3v) is 4.35. The summed E-state index contributed by atoms with van der Waals surface area (Å²) in [5, 5.41) is 1.20. The minimum Gasteiger partial charge on any atom is -0.393 e. The van der Waals surface area contributed by atoms with Crippen LogP contribution in [0.2, 0.25) is 0 Å². The van der Waals surface area contributed by atoms with E-state index in [-0.39, 0.29) is 0 Å². The molecule has 0 bridgehead atoms. The predicted molar refractivity (Wildman–Crippen MR) is 86.5 cm³/mol. The SMILES string of the molecule is NC(=S)C1CCCN(Cc2cccc3cccnc23)C1. The number of rotatable bonds is 3. The molecule has 1 atom stereocenters. The molecule has 1 aromatic carbocycles. The molecule has 1 unspecified atom stereocenters. The average molecular weight is 285 g/mol. The summed E-state index contributed by atoms with van der Waals surface area (Å²) >= 11 is 5.15. The minimum atomic E-state index is 0.363. The number of nitrogens with zero attached hydrogens (tertiary/aromatic N) is 2. The van der Waals surface area contributed by atoms with Gasteiger partial charge in [-0.2, -0.15) is 0 Å². The second-order valence-corrected chi connectivity index (χ2v) is 5.94. The minimum absolute atomic E-state index is 0.363. The van der Waals surface area contributed by atoms with Crippen LogP contribution in [0.5, 0.6) is 0 Å². The van der Waals surface area contributed by atoms with Crippen LogP contribution in [-0.4, -0.2) is 28.0 Å². The summed E-state index contributed by atoms with van der Waals surface area (Å²) in [4.78, 5) is 7.62. The number of nitrogens with two attached hydrogens (primary N) is 1. The van der Waals surface area contributed by atoms with Gasteiger partial charge in [-0.05, 0) is 31.0 Å². The summed E-state index contributed by atoms with van der Waals surface area (Å²) in [5.41, 5.74) is 8.19. The molecule has 1 aliphatic heterocycles. The zero-order chi connectivity index (χ0) is 13.9. The fourth-order valence-electron chi connectivity index (χ4n) is 2.97. The smallest absolute Gasteiger partial charge is 0.0771 e. The van der Waals surface area contributed by atoms with Crippen molar-refractivity contribution in [3.05, 3.63) is 42.1 Å². The number of likely N-dealkylation sites (tertiary alicyclic amines) is 1. The molecular weight excluding hydrogens is 266 g/mol. The molecule has 20 heavy (non-hydrogen) atoms. The Hall–Kier alpha value is -1.52. The van der Waals surface area contributed by atoms with E-state index in [2.05, 4.69) is 34.1 Å². The number of para-hydroxylation sites is 1. The summed E-state index contributed by atoms with van der Waals surface area (Å²) in [6.45, 7) is 3.01. The van der Waals surface area contributed by atoms with Gasteiger partial charge >= 0.3 is 0 Å². The fourth-order valence-corrected chi connectivity index (χ4v) is 3.16. The molecule has 3 rings (SSSR count). The third kappa shape index (κ3) is 2.81. The molecule has 1 fully saturated rings. The summed E-state index contributed by atoms with van der Waals surface area (Å²) in [6, 6.07) is 10.5. The number of thiocarbonyl (C=S) groups is 1. The first-order valence-electron chi connectivity index (χ1n) is 7.08. The molecule has 2 heterocycles. The van der Waals surface area contributed by atoms with Crippen molar-refractivity contribution in [1.82, 2.24) is 9.88 Å². The van der Waals surface area contributed by atoms with Crippen LogP contribution >= 0.6 is 12.2 Å². The molecular formula is C16H19N3S. The van der Waals surface area contributed by atoms with Crippen molar-refractivity contribution in [2.75, 3.05) is 13.1 Å². The Labute approximate surface area is 124 Å². The summed E-state index contributed by atoms with van der Waals surface area (Å²) in [6.07, 6.45) is 4.15. The van der Waals surface area contributed by atoms with Crippen LogP contribution < -0.4 is 5.73 Å². The van der Waals surface area contributed by atoms with E-state index < -0.39 is 0 Å². The number of pyridine rings is 1. The number of hydrogen-bond donors (Lipinski definition) is 1. The van der Waals surface area contributed by atoms with E-state index in [4.69, 9.17) is 18.0 Å². The largest absolute Gasteiger partial charge is 0.393 e. The number of aromatic nitrogens is 1. The highest BCUT2D eigenvalue weighted by Crippen LogP contribution is 2.22. The zero-order valence-electron chi connectivity index (χ0n) is 11.5. The highest BCUT2D eigenvalue weighted by Gasteiger charge is 2.22. The van der Waals surface area contributed by atoms with E-state index in [1.165, 1.54) is 17.4 Å². The maximum atomic E-state index is 5.81. The normalized spacial score (nSPS) is 20.1. The lowest BCUT2D eigenvalue weighted by Crippen LogP contribution is -2.40. The van der Waals surface area contributed by atoms with Crippen molar-refractivity contribution in [1.29, 1.82) is 0 Å². The Bertz CT molecular complexity index is 621. The molecule has 0 spiro atoms. The Balaban J connectivity index is 1.81. The molecule has 0 aliphatic carbocycles. The quantitative estimate of drug-likeness (QED) is 0.881. The Kier molecular flexibility index (Phi) is 3.94. The lowest BCUT2D eigenvalue weighted by molar-refractivity contribution is 0.198. The van der Waals surface area contributed by atoms with Gasteiger partial charge in [-0.25, -0.2) is 0 Å². The number of hydrogen-bond acceptors (Lipinski definition) is 3. The van der Waals surface area contributed by atoms with E-state index in [9.17, 15) is 0 Å². The van der Waals surface area contributed by atoms with Gasteiger partial charge in [0.25, 0.3) is 0 Å². The molecule has 4 heteroatoms. The van der Waals surface area contributed by atoms with E-state index in [0.717, 1.165) is 31.6 Å². The fraction of sp³-hybridized carbons (Fsp3) is 0.375. The number of benzene rings is 1. The summed E-state index contributed by atoms with van der Waals surface area (Å²) < 4.78 is 0. The van der Waals surface area contributed by atoms with Gasteiger partial charge in [0.2, 0.25) is 0 Å². The first-order chi connectivity index (χ1) is 9.74. The van der Waals surface area contributed by atoms with Crippen LogP contribution in [0.1, 0.15) is 18.4 Å². The summed E-state index contributed by atoms with van der Waals surface area (Å²) in [7, 11) is 0. The lowest BCUT2D eigenvalue weighted by Gasteiger charge is -2.32. The molecule has 1 aromatic heterocycles. The van der Waals surface area contributed by atoms with Crippen molar-refractivity contribution in [3.8, 4) is 0 Å². The van der Waals surface area contributed by atoms with Crippen LogP contribution in [0.15, 0.2) is 36.5 Å². The second-order valence-electron chi connectivity index (χ2n) is 5.47. The van der Waals surface area contributed by atoms with Crippen molar-refractivity contribution < 1.29 is 0 Å². The van der Waals surface area contributed by atoms with E-state index in [1.807, 2.05) is 12.3 Å². The van der Waals surface area contributed by atoms with Gasteiger partial charge in [0, 0.05) is 30.6 Å². The molecule has 0 radical (unpaired) electrons. The summed E-state index contributed by atoms with van der Waals surface area (Å²) in [5.74, 6) is 0.363. The number of piperidine rings is 1. The van der Waals surface area contributed by atoms with Crippen LogP contribution in [0.3, 0.4) is 0 Å². The average Bonchev–Trinajstić information content (AvgIpc) is 2.48. The molecule has 1 saturated heterocycles. The lowest BCUT2D eigenvalue weighted by atomic mass is 9.97. The van der Waals surface area contributed by atoms with E-state index >= 15 is 0 Å². The zero-order valence-corrected chi connectivity index (χ0v) is 12.3. The highest BCUT2D eigenvalue weighted by molar-refractivity contribution is 7.80. The first-order valence-corrected chi connectivity index (χ1v) is 7.49. The van der Waals surface area contributed by atoms with Gasteiger partial charge in [0.1, 0.15) is 0 Å². The van der Waals surface area contributed by atoms with Gasteiger partial charge in [0.15, 0.2) is 0 Å². The van der Waals surface area contributed by atoms with E-state index in [0.29, 0.717) is 10.9 Å². The van der Waals surface area contributed by atoms with Gasteiger partial charge in [-0.3, -0.25) is 9.88 Å². The van der Waals surface area contributed by atoms with Crippen molar-refractivity contribution in [3.63, 3.8) is 0 Å². The maximum absolute atomic E-state index is 5.81. The number of fused-ring (bicyclic) bond motifs is 1. The van der Waals surface area contributed by atoms with Crippen molar-refractivity contribution >= 4 is 28.1 Å². The van der Waals surface area contributed by atoms with Gasteiger partial charge in [0.05, 0.1) is 10.5 Å². The van der Waals surface area contributed by atoms with E-state index in [1.54, 1.807) is 0 Å². The molecule has 1 aliphatic rings. The topological polar surface area (TPSA) is 42.1 Å². The van der Waals surface area contributed by atoms with Crippen LogP contribution in [0, 0.1) is 5.92 Å². The molecule has 0 saturated carbocycles. The van der Waals surface area contributed by atoms with Gasteiger partial charge in [-0.15, -0.1) is 0 Å². The van der Waals surface area contributed by atoms with Crippen LogP contribution in [0.25, 0.3) is 10.9 Å². The Morgan fingerprint density at radius 3 is 3.05 bits per heavy atom. The third-order valence-electron chi connectivity index (χ3n) is 4.02. The first kappa shape index (κ1) is 13.5. The standard InChI is InChI=1S/C16H19N3S/c17-16(20)14-7-3-9-19(11-14)10-13-5-1-4-12-6-2-8-18-15(12)13/h1-2,4-6,8,14H,3,7,9-11H2,(H2,17,20). The molecule has 3 nitrogen and oxygen atoms in total. The van der Waals surface area contributed by atoms with Gasteiger partial charge in [-0.1, -0.05) is 36.5 Å². The maximum Gasteiger partial charge on any atom is 0.0771 e. The Morgan fingerprint density at radius 1 is 1.35 bits per heavy atom. The van der Waals surface area contributed by atoms with Crippen molar-refractivity contribution in [2.45, 2.75) is 19.4 Å². The highest BCUT2D eigenvalue weighted by atomic mass is 32.1. The predicted octanol–water partition coefficient (Wildman–Crippen LogP) is 2.73. The van der Waals surface area contributed by atoms with Crippen molar-refractivity contribution in [2.24, 2.45) is 11.7 Å². The molecule has 2 aromatic rings.